The Hall–Kier alpha value is -2.01. The first kappa shape index (κ1) is 21.2. The summed E-state index contributed by atoms with van der Waals surface area (Å²) in [5, 5.41) is 0. The highest BCUT2D eigenvalue weighted by atomic mass is 35.5. The van der Waals surface area contributed by atoms with E-state index in [9.17, 15) is 19.2 Å². The van der Waals surface area contributed by atoms with Crippen LogP contribution in [0.4, 0.5) is 0 Å². The molecule has 30 heavy (non-hydrogen) atoms. The number of hydrogen-bond acceptors (Lipinski definition) is 5. The third-order valence-electron chi connectivity index (χ3n) is 7.92. The number of ketones is 3. The predicted octanol–water partition coefficient (Wildman–Crippen LogP) is 4.04. The lowest BCUT2D eigenvalue weighted by molar-refractivity contribution is -0.181. The van der Waals surface area contributed by atoms with E-state index in [1.165, 1.54) is 0 Å². The number of allylic oxidation sites excluding steroid dienone is 6. The van der Waals surface area contributed by atoms with Gasteiger partial charge < -0.3 is 4.74 Å². The molecule has 6 heteroatoms. The molecule has 1 saturated carbocycles. The van der Waals surface area contributed by atoms with E-state index in [2.05, 4.69) is 0 Å². The van der Waals surface area contributed by atoms with Crippen LogP contribution in [0.25, 0.3) is 0 Å². The first-order valence-electron chi connectivity index (χ1n) is 10.6. The lowest BCUT2D eigenvalue weighted by Gasteiger charge is -2.51. The Kier molecular flexibility index (Phi) is 4.96. The summed E-state index contributed by atoms with van der Waals surface area (Å²) in [6, 6.07) is 0. The lowest BCUT2D eigenvalue weighted by atomic mass is 9.53. The van der Waals surface area contributed by atoms with E-state index >= 15 is 0 Å². The number of ether oxygens (including phenoxy) is 1. The molecule has 0 N–H and O–H groups in total. The van der Waals surface area contributed by atoms with Crippen LogP contribution in [0.15, 0.2) is 34.9 Å². The maximum Gasteiger partial charge on any atom is 0.306 e. The largest absolute Gasteiger partial charge is 0.450 e. The third-order valence-corrected chi connectivity index (χ3v) is 8.16. The van der Waals surface area contributed by atoms with Crippen molar-refractivity contribution in [3.63, 3.8) is 0 Å². The number of esters is 1. The molecule has 0 aliphatic heterocycles. The molecule has 5 nitrogen and oxygen atoms in total. The number of carbonyl (C=O) groups excluding carboxylic acids is 4. The number of halogens is 1. The second-order valence-corrected chi connectivity index (χ2v) is 9.60. The second kappa shape index (κ2) is 7.01. The van der Waals surface area contributed by atoms with Crippen LogP contribution in [0.3, 0.4) is 0 Å². The van der Waals surface area contributed by atoms with E-state index in [0.717, 1.165) is 16.7 Å². The van der Waals surface area contributed by atoms with Gasteiger partial charge >= 0.3 is 5.97 Å². The van der Waals surface area contributed by atoms with Crippen molar-refractivity contribution >= 4 is 34.9 Å². The number of Topliss-reactive ketones (excluding diaryl/α,β-unsaturated/α-hetero) is 2. The molecule has 0 unspecified atom stereocenters. The van der Waals surface area contributed by atoms with Crippen molar-refractivity contribution in [1.29, 1.82) is 0 Å². The average Bonchev–Trinajstić information content (AvgIpc) is 3.00. The molecule has 0 bridgehead atoms. The lowest BCUT2D eigenvalue weighted by Crippen LogP contribution is -2.58. The van der Waals surface area contributed by atoms with Crippen LogP contribution in [0.2, 0.25) is 0 Å². The van der Waals surface area contributed by atoms with Crippen LogP contribution in [0.1, 0.15) is 59.3 Å². The van der Waals surface area contributed by atoms with Gasteiger partial charge in [0.05, 0.1) is 5.88 Å². The third kappa shape index (κ3) is 2.67. The quantitative estimate of drug-likeness (QED) is 0.497. The van der Waals surface area contributed by atoms with Gasteiger partial charge in [-0.05, 0) is 50.7 Å². The van der Waals surface area contributed by atoms with Crippen LogP contribution in [0.5, 0.6) is 0 Å². The van der Waals surface area contributed by atoms with Crippen molar-refractivity contribution in [3.05, 3.63) is 34.9 Å². The van der Waals surface area contributed by atoms with Gasteiger partial charge in [-0.25, -0.2) is 0 Å². The molecule has 0 saturated heterocycles. The fourth-order valence-electron chi connectivity index (χ4n) is 6.38. The van der Waals surface area contributed by atoms with Gasteiger partial charge in [0.15, 0.2) is 23.0 Å². The Morgan fingerprint density at radius 1 is 1.23 bits per heavy atom. The highest BCUT2D eigenvalue weighted by molar-refractivity contribution is 6.29. The molecule has 0 radical (unpaired) electrons. The Morgan fingerprint density at radius 3 is 2.63 bits per heavy atom. The Balaban J connectivity index is 1.85. The highest BCUT2D eigenvalue weighted by Gasteiger charge is 2.67. The average molecular weight is 431 g/mol. The van der Waals surface area contributed by atoms with E-state index in [4.69, 9.17) is 16.3 Å². The smallest absolute Gasteiger partial charge is 0.306 e. The van der Waals surface area contributed by atoms with Crippen molar-refractivity contribution in [2.24, 2.45) is 16.7 Å². The molecule has 0 aromatic carbocycles. The van der Waals surface area contributed by atoms with Crippen LogP contribution < -0.4 is 0 Å². The van der Waals surface area contributed by atoms with E-state index in [1.807, 2.05) is 19.9 Å². The van der Waals surface area contributed by atoms with Crippen LogP contribution in [-0.2, 0) is 23.9 Å². The summed E-state index contributed by atoms with van der Waals surface area (Å²) in [5.74, 6) is -1.13. The summed E-state index contributed by atoms with van der Waals surface area (Å²) in [7, 11) is 0. The molecule has 0 aromatic heterocycles. The van der Waals surface area contributed by atoms with Gasteiger partial charge in [0, 0.05) is 29.2 Å². The molecule has 4 rings (SSSR count). The molecule has 4 aliphatic rings. The van der Waals surface area contributed by atoms with Crippen LogP contribution >= 0.6 is 11.6 Å². The fraction of sp³-hybridized carbons (Fsp3) is 0.583. The zero-order chi connectivity index (χ0) is 21.9. The molecule has 160 valence electrons. The van der Waals surface area contributed by atoms with E-state index < -0.39 is 22.4 Å². The number of fused-ring (bicyclic) bond motifs is 4. The summed E-state index contributed by atoms with van der Waals surface area (Å²) in [4.78, 5) is 50.8. The summed E-state index contributed by atoms with van der Waals surface area (Å²) < 4.78 is 5.83. The van der Waals surface area contributed by atoms with Crippen LogP contribution in [-0.4, -0.2) is 34.8 Å². The number of carbonyl (C=O) groups is 4. The van der Waals surface area contributed by atoms with Crippen molar-refractivity contribution in [2.45, 2.75) is 64.9 Å². The normalized spacial score (nSPS) is 37.3. The molecule has 1 fully saturated rings. The van der Waals surface area contributed by atoms with Gasteiger partial charge in [0.25, 0.3) is 0 Å². The molecule has 4 aliphatic carbocycles. The Bertz CT molecular complexity index is 957. The maximum atomic E-state index is 13.6. The molecule has 0 spiro atoms. The molecule has 4 atom stereocenters. The number of hydrogen-bond donors (Lipinski definition) is 0. The Labute approximate surface area is 181 Å². The standard InChI is InChI=1S/C24H27ClO5/c1-4-20(29)30-24(19(28)13-25)10-8-17-16-6-5-14-11-15(26)7-9-22(14,2)21(16)18(27)12-23(17,24)3/h7,9,11,17H,4-6,8,10,12-13H2,1-3H3/t17-,22-,23-,24-/m0/s1. The van der Waals surface area contributed by atoms with Gasteiger partial charge in [0.2, 0.25) is 0 Å². The van der Waals surface area contributed by atoms with Crippen molar-refractivity contribution < 1.29 is 23.9 Å². The van der Waals surface area contributed by atoms with Gasteiger partial charge in [0.1, 0.15) is 0 Å². The second-order valence-electron chi connectivity index (χ2n) is 9.33. The predicted molar refractivity (Wildman–Crippen MR) is 112 cm³/mol. The number of alkyl halides is 1. The zero-order valence-electron chi connectivity index (χ0n) is 17.7. The molecule has 0 aromatic rings. The Morgan fingerprint density at radius 2 is 1.97 bits per heavy atom. The maximum absolute atomic E-state index is 13.6. The highest BCUT2D eigenvalue weighted by Crippen LogP contribution is 2.64. The summed E-state index contributed by atoms with van der Waals surface area (Å²) in [6.45, 7) is 5.60. The molecular formula is C24H27ClO5. The topological polar surface area (TPSA) is 77.5 Å². The van der Waals surface area contributed by atoms with Gasteiger partial charge in [-0.2, -0.15) is 0 Å². The van der Waals surface area contributed by atoms with Gasteiger partial charge in [-0.3, -0.25) is 19.2 Å². The molecule has 0 heterocycles. The van der Waals surface area contributed by atoms with E-state index in [0.29, 0.717) is 25.7 Å². The molecule has 0 amide bonds. The minimum Gasteiger partial charge on any atom is -0.450 e. The summed E-state index contributed by atoms with van der Waals surface area (Å²) in [6.07, 6.45) is 7.76. The SMILES string of the molecule is CCC(=O)O[C@]1(C(=O)CCl)CC[C@H]2C3=C(C(=O)C[C@@]21C)[C@@]1(C)C=CC(=O)C=C1CC3. The number of rotatable bonds is 4. The van der Waals surface area contributed by atoms with Crippen molar-refractivity contribution in [1.82, 2.24) is 0 Å². The first-order chi connectivity index (χ1) is 14.1. The fourth-order valence-corrected chi connectivity index (χ4v) is 6.60. The van der Waals surface area contributed by atoms with Crippen LogP contribution in [0, 0.1) is 16.7 Å². The van der Waals surface area contributed by atoms with Crippen molar-refractivity contribution in [3.8, 4) is 0 Å². The van der Waals surface area contributed by atoms with Gasteiger partial charge in [-0.1, -0.05) is 31.1 Å². The van der Waals surface area contributed by atoms with E-state index in [-0.39, 0.29) is 42.0 Å². The van der Waals surface area contributed by atoms with Crippen molar-refractivity contribution in [2.75, 3.05) is 5.88 Å². The first-order valence-corrected chi connectivity index (χ1v) is 11.2. The minimum atomic E-state index is -1.36. The summed E-state index contributed by atoms with van der Waals surface area (Å²) >= 11 is 5.96. The molecular weight excluding hydrogens is 404 g/mol. The van der Waals surface area contributed by atoms with Gasteiger partial charge in [-0.15, -0.1) is 11.6 Å². The summed E-state index contributed by atoms with van der Waals surface area (Å²) in [5.41, 5.74) is 0.0409. The zero-order valence-corrected chi connectivity index (χ0v) is 18.4. The van der Waals surface area contributed by atoms with E-state index in [1.54, 1.807) is 19.1 Å². The minimum absolute atomic E-state index is 0.0305. The monoisotopic (exact) mass is 430 g/mol.